The number of hydrogen-bond donors (Lipinski definition) is 3. The van der Waals surface area contributed by atoms with E-state index in [4.69, 9.17) is 4.74 Å². The first-order valence-corrected chi connectivity index (χ1v) is 11.0. The fourth-order valence-corrected chi connectivity index (χ4v) is 3.09. The van der Waals surface area contributed by atoms with Crippen molar-refractivity contribution < 1.29 is 23.1 Å². The highest BCUT2D eigenvalue weighted by atomic mass is 19.1. The number of amides is 3. The Kier molecular flexibility index (Phi) is 9.08. The van der Waals surface area contributed by atoms with Crippen LogP contribution in [0.2, 0.25) is 0 Å². The Hall–Kier alpha value is -4.05. The molecule has 184 valence electrons. The minimum atomic E-state index is -0.815. The first-order chi connectivity index (χ1) is 16.8. The van der Waals surface area contributed by atoms with Gasteiger partial charge in [0.2, 0.25) is 5.91 Å². The SMILES string of the molecule is CN(C)CCCNc1cc(Oc2ccc(NC(=O)NC(=O)Cc3ccc(F)cc3)cc2F)ccn1. The van der Waals surface area contributed by atoms with Gasteiger partial charge < -0.3 is 20.3 Å². The molecular formula is C25H27F2N5O3. The van der Waals surface area contributed by atoms with Crippen molar-refractivity contribution in [3.63, 3.8) is 0 Å². The van der Waals surface area contributed by atoms with E-state index in [1.54, 1.807) is 18.3 Å². The molecule has 0 atom stereocenters. The molecule has 0 bridgehead atoms. The summed E-state index contributed by atoms with van der Waals surface area (Å²) in [6.45, 7) is 1.67. The number of anilines is 2. The Labute approximate surface area is 202 Å². The Morgan fingerprint density at radius 2 is 1.80 bits per heavy atom. The summed E-state index contributed by atoms with van der Waals surface area (Å²) in [7, 11) is 4.01. The molecular weight excluding hydrogens is 456 g/mol. The maximum absolute atomic E-state index is 14.6. The van der Waals surface area contributed by atoms with Crippen LogP contribution >= 0.6 is 0 Å². The predicted octanol–water partition coefficient (Wildman–Crippen LogP) is 4.41. The molecule has 3 aromatic rings. The number of carbonyl (C=O) groups is 2. The van der Waals surface area contributed by atoms with Crippen LogP contribution in [0.4, 0.5) is 25.1 Å². The number of benzene rings is 2. The molecule has 0 aliphatic carbocycles. The van der Waals surface area contributed by atoms with Gasteiger partial charge in [0.05, 0.1) is 6.42 Å². The fraction of sp³-hybridized carbons (Fsp3) is 0.240. The third kappa shape index (κ3) is 8.67. The van der Waals surface area contributed by atoms with Gasteiger partial charge in [-0.1, -0.05) is 12.1 Å². The monoisotopic (exact) mass is 483 g/mol. The fourth-order valence-electron chi connectivity index (χ4n) is 3.09. The van der Waals surface area contributed by atoms with E-state index in [2.05, 4.69) is 25.8 Å². The van der Waals surface area contributed by atoms with Gasteiger partial charge in [0.15, 0.2) is 11.6 Å². The summed E-state index contributed by atoms with van der Waals surface area (Å²) in [6.07, 6.45) is 2.40. The third-order valence-corrected chi connectivity index (χ3v) is 4.77. The molecule has 0 spiro atoms. The van der Waals surface area contributed by atoms with Crippen LogP contribution in [-0.4, -0.2) is 49.0 Å². The van der Waals surface area contributed by atoms with Gasteiger partial charge in [-0.3, -0.25) is 10.1 Å². The largest absolute Gasteiger partial charge is 0.454 e. The molecule has 35 heavy (non-hydrogen) atoms. The van der Waals surface area contributed by atoms with Crippen LogP contribution < -0.4 is 20.7 Å². The average molecular weight is 484 g/mol. The zero-order chi connectivity index (χ0) is 25.2. The van der Waals surface area contributed by atoms with Crippen molar-refractivity contribution in [2.45, 2.75) is 12.8 Å². The lowest BCUT2D eigenvalue weighted by atomic mass is 10.1. The van der Waals surface area contributed by atoms with Crippen LogP contribution in [0.5, 0.6) is 11.5 Å². The predicted molar refractivity (Wildman–Crippen MR) is 130 cm³/mol. The van der Waals surface area contributed by atoms with Crippen molar-refractivity contribution in [2.75, 3.05) is 37.8 Å². The second kappa shape index (κ2) is 12.4. The smallest absolute Gasteiger partial charge is 0.325 e. The summed E-state index contributed by atoms with van der Waals surface area (Å²) in [6, 6.07) is 11.7. The molecule has 0 unspecified atom stereocenters. The van der Waals surface area contributed by atoms with Crippen LogP contribution in [0.25, 0.3) is 0 Å². The highest BCUT2D eigenvalue weighted by molar-refractivity contribution is 6.01. The Morgan fingerprint density at radius 1 is 1.03 bits per heavy atom. The van der Waals surface area contributed by atoms with Crippen LogP contribution in [0.15, 0.2) is 60.8 Å². The molecule has 0 aliphatic rings. The van der Waals surface area contributed by atoms with Gasteiger partial charge in [0.1, 0.15) is 17.4 Å². The van der Waals surface area contributed by atoms with Crippen molar-refractivity contribution in [3.8, 4) is 11.5 Å². The van der Waals surface area contributed by atoms with Crippen molar-refractivity contribution in [3.05, 3.63) is 78.0 Å². The summed E-state index contributed by atoms with van der Waals surface area (Å²) >= 11 is 0. The molecule has 0 radical (unpaired) electrons. The molecule has 3 amide bonds. The first kappa shape index (κ1) is 25.6. The number of nitrogens with one attached hydrogen (secondary N) is 3. The van der Waals surface area contributed by atoms with E-state index in [0.29, 0.717) is 17.1 Å². The highest BCUT2D eigenvalue weighted by Gasteiger charge is 2.12. The lowest BCUT2D eigenvalue weighted by Gasteiger charge is -2.12. The van der Waals surface area contributed by atoms with Gasteiger partial charge in [-0.05, 0) is 63.0 Å². The quantitative estimate of drug-likeness (QED) is 0.370. The minimum Gasteiger partial charge on any atom is -0.454 e. The zero-order valence-electron chi connectivity index (χ0n) is 19.5. The van der Waals surface area contributed by atoms with Crippen LogP contribution in [0.1, 0.15) is 12.0 Å². The highest BCUT2D eigenvalue weighted by Crippen LogP contribution is 2.27. The molecule has 1 aromatic heterocycles. The van der Waals surface area contributed by atoms with E-state index >= 15 is 0 Å². The maximum Gasteiger partial charge on any atom is 0.325 e. The Morgan fingerprint density at radius 3 is 2.51 bits per heavy atom. The average Bonchev–Trinajstić information content (AvgIpc) is 2.80. The molecule has 8 nitrogen and oxygen atoms in total. The number of nitrogens with zero attached hydrogens (tertiary/aromatic N) is 2. The van der Waals surface area contributed by atoms with Crippen LogP contribution in [0.3, 0.4) is 0 Å². The van der Waals surface area contributed by atoms with Gasteiger partial charge in [-0.25, -0.2) is 18.6 Å². The van der Waals surface area contributed by atoms with E-state index in [1.807, 2.05) is 14.1 Å². The van der Waals surface area contributed by atoms with E-state index in [-0.39, 0.29) is 17.9 Å². The number of urea groups is 1. The second-order valence-electron chi connectivity index (χ2n) is 8.01. The number of aromatic nitrogens is 1. The number of ether oxygens (including phenoxy) is 1. The Balaban J connectivity index is 1.52. The number of imide groups is 1. The van der Waals surface area contributed by atoms with Gasteiger partial charge in [0, 0.05) is 30.6 Å². The molecule has 0 saturated carbocycles. The van der Waals surface area contributed by atoms with Gasteiger partial charge in [-0.2, -0.15) is 0 Å². The number of carbonyl (C=O) groups excluding carboxylic acids is 2. The van der Waals surface area contributed by atoms with E-state index in [9.17, 15) is 18.4 Å². The molecule has 2 aromatic carbocycles. The standard InChI is InChI=1S/C25H27F2N5O3/c1-32(2)13-3-11-28-23-16-20(10-12-29-23)35-22-9-8-19(15-21(22)27)30-25(34)31-24(33)14-17-4-6-18(26)7-5-17/h4-10,12,15-16H,3,11,13-14H2,1-2H3,(H,28,29)(H2,30,31,33,34). The molecule has 0 saturated heterocycles. The van der Waals surface area contributed by atoms with Crippen LogP contribution in [-0.2, 0) is 11.2 Å². The summed E-state index contributed by atoms with van der Waals surface area (Å²) in [5, 5.41) is 7.74. The van der Waals surface area contributed by atoms with Crippen molar-refractivity contribution in [2.24, 2.45) is 0 Å². The zero-order valence-corrected chi connectivity index (χ0v) is 19.5. The molecule has 3 N–H and O–H groups in total. The number of pyridine rings is 1. The van der Waals surface area contributed by atoms with Crippen LogP contribution in [0, 0.1) is 11.6 Å². The molecule has 0 aliphatic heterocycles. The minimum absolute atomic E-state index is 0.0342. The van der Waals surface area contributed by atoms with Crippen molar-refractivity contribution in [1.29, 1.82) is 0 Å². The lowest BCUT2D eigenvalue weighted by molar-refractivity contribution is -0.119. The Bertz CT molecular complexity index is 1160. The van der Waals surface area contributed by atoms with E-state index in [0.717, 1.165) is 25.6 Å². The number of halogens is 2. The summed E-state index contributed by atoms with van der Waals surface area (Å²) in [4.78, 5) is 30.4. The van der Waals surface area contributed by atoms with Gasteiger partial charge in [0.25, 0.3) is 0 Å². The lowest BCUT2D eigenvalue weighted by Crippen LogP contribution is -2.35. The third-order valence-electron chi connectivity index (χ3n) is 4.77. The summed E-state index contributed by atoms with van der Waals surface area (Å²) < 4.78 is 33.1. The van der Waals surface area contributed by atoms with Crippen molar-refractivity contribution in [1.82, 2.24) is 15.2 Å². The molecule has 1 heterocycles. The van der Waals surface area contributed by atoms with Gasteiger partial charge >= 0.3 is 6.03 Å². The van der Waals surface area contributed by atoms with Gasteiger partial charge in [-0.15, -0.1) is 0 Å². The molecule has 3 rings (SSSR count). The second-order valence-corrected chi connectivity index (χ2v) is 8.01. The summed E-state index contributed by atoms with van der Waals surface area (Å²) in [5.41, 5.74) is 0.687. The number of rotatable bonds is 10. The normalized spacial score (nSPS) is 10.7. The molecule has 0 fully saturated rings. The molecule has 10 heteroatoms. The first-order valence-electron chi connectivity index (χ1n) is 11.0. The van der Waals surface area contributed by atoms with E-state index in [1.165, 1.54) is 36.4 Å². The van der Waals surface area contributed by atoms with Crippen molar-refractivity contribution >= 4 is 23.4 Å². The number of hydrogen-bond acceptors (Lipinski definition) is 6. The summed E-state index contributed by atoms with van der Waals surface area (Å²) in [5.74, 6) is -0.719. The topological polar surface area (TPSA) is 95.6 Å². The maximum atomic E-state index is 14.6. The van der Waals surface area contributed by atoms with E-state index < -0.39 is 23.6 Å².